The zero-order valence-electron chi connectivity index (χ0n) is 10.1. The summed E-state index contributed by atoms with van der Waals surface area (Å²) in [5.41, 5.74) is 8.05. The Morgan fingerprint density at radius 3 is 2.76 bits per heavy atom. The quantitative estimate of drug-likeness (QED) is 0.762. The largest absolute Gasteiger partial charge is 0.364 e. The third kappa shape index (κ3) is 2.33. The molecule has 2 aromatic rings. The summed E-state index contributed by atoms with van der Waals surface area (Å²) in [6.07, 6.45) is 4.36. The zero-order valence-corrected chi connectivity index (χ0v) is 10.1. The van der Waals surface area contributed by atoms with Crippen LogP contribution in [-0.4, -0.2) is 10.9 Å². The number of carbonyl (C=O) groups excluding carboxylic acids is 1. The maximum absolute atomic E-state index is 11.4. The lowest BCUT2D eigenvalue weighted by molar-refractivity contribution is 0.0995. The summed E-state index contributed by atoms with van der Waals surface area (Å²) in [5.74, 6) is -0.368. The number of fused-ring (bicyclic) bond motifs is 1. The van der Waals surface area contributed by atoms with Crippen LogP contribution in [0.25, 0.3) is 10.9 Å². The summed E-state index contributed by atoms with van der Waals surface area (Å²) in [7, 11) is 0. The van der Waals surface area contributed by atoms with Gasteiger partial charge in [0, 0.05) is 10.9 Å². The number of carbonyl (C=O) groups is 1. The minimum atomic E-state index is -0.368. The fourth-order valence-electron chi connectivity index (χ4n) is 2.22. The Morgan fingerprint density at radius 1 is 1.29 bits per heavy atom. The Hall–Kier alpha value is -1.77. The molecule has 3 N–H and O–H groups in total. The average Bonchev–Trinajstić information content (AvgIpc) is 2.69. The van der Waals surface area contributed by atoms with Crippen LogP contribution in [0.2, 0.25) is 0 Å². The number of aromatic nitrogens is 1. The summed E-state index contributed by atoms with van der Waals surface area (Å²) in [5, 5.41) is 1.12. The van der Waals surface area contributed by atoms with Gasteiger partial charge in [0.05, 0.1) is 0 Å². The van der Waals surface area contributed by atoms with Crippen molar-refractivity contribution in [1.82, 2.24) is 4.98 Å². The topological polar surface area (TPSA) is 58.9 Å². The van der Waals surface area contributed by atoms with Gasteiger partial charge >= 0.3 is 0 Å². The monoisotopic (exact) mass is 230 g/mol. The number of primary amides is 1. The molecule has 2 rings (SSSR count). The van der Waals surface area contributed by atoms with E-state index in [-0.39, 0.29) is 5.91 Å². The maximum Gasteiger partial charge on any atom is 0.265 e. The van der Waals surface area contributed by atoms with Crippen LogP contribution in [0.15, 0.2) is 24.3 Å². The van der Waals surface area contributed by atoms with Crippen molar-refractivity contribution in [3.8, 4) is 0 Å². The van der Waals surface area contributed by atoms with Crippen molar-refractivity contribution < 1.29 is 4.79 Å². The number of nitrogens with one attached hydrogen (secondary N) is 1. The van der Waals surface area contributed by atoms with Crippen LogP contribution in [0.5, 0.6) is 0 Å². The fourth-order valence-corrected chi connectivity index (χ4v) is 2.22. The molecule has 0 saturated carbocycles. The summed E-state index contributed by atoms with van der Waals surface area (Å²) >= 11 is 0. The minimum Gasteiger partial charge on any atom is -0.364 e. The highest BCUT2D eigenvalue weighted by Crippen LogP contribution is 2.24. The summed E-state index contributed by atoms with van der Waals surface area (Å²) in [6.45, 7) is 2.17. The molecule has 0 spiro atoms. The molecular weight excluding hydrogens is 212 g/mol. The molecule has 1 aromatic carbocycles. The number of hydrogen-bond donors (Lipinski definition) is 2. The van der Waals surface area contributed by atoms with E-state index in [1.54, 1.807) is 0 Å². The lowest BCUT2D eigenvalue weighted by Gasteiger charge is -2.01. The maximum atomic E-state index is 11.4. The first-order chi connectivity index (χ1) is 8.24. The number of hydrogen-bond acceptors (Lipinski definition) is 1. The summed E-state index contributed by atoms with van der Waals surface area (Å²) < 4.78 is 0. The molecule has 1 heterocycles. The lowest BCUT2D eigenvalue weighted by Crippen LogP contribution is -2.13. The van der Waals surface area contributed by atoms with Crippen molar-refractivity contribution in [3.63, 3.8) is 0 Å². The first-order valence-electron chi connectivity index (χ1n) is 6.13. The molecule has 0 radical (unpaired) electrons. The third-order valence-corrected chi connectivity index (χ3v) is 3.09. The second kappa shape index (κ2) is 5.04. The number of benzene rings is 1. The van der Waals surface area contributed by atoms with Crippen LogP contribution in [0, 0.1) is 0 Å². The number of rotatable bonds is 5. The van der Waals surface area contributed by atoms with Crippen LogP contribution in [-0.2, 0) is 6.42 Å². The number of para-hydroxylation sites is 1. The summed E-state index contributed by atoms with van der Waals surface area (Å²) in [6, 6.07) is 7.97. The molecule has 90 valence electrons. The molecule has 3 heteroatoms. The standard InChI is InChI=1S/C14H18N2O/c1-2-3-4-8-11-10-7-5-6-9-12(10)16-13(11)14(15)17/h5-7,9,16H,2-4,8H2,1H3,(H2,15,17). The minimum absolute atomic E-state index is 0.368. The van der Waals surface area contributed by atoms with Crippen molar-refractivity contribution in [3.05, 3.63) is 35.5 Å². The molecule has 1 amide bonds. The molecule has 17 heavy (non-hydrogen) atoms. The molecule has 0 aliphatic carbocycles. The molecule has 0 fully saturated rings. The molecule has 0 bridgehead atoms. The van der Waals surface area contributed by atoms with Gasteiger partial charge in [0.15, 0.2) is 0 Å². The normalized spacial score (nSPS) is 10.9. The molecule has 0 unspecified atom stereocenters. The number of H-pyrrole nitrogens is 1. The molecule has 3 nitrogen and oxygen atoms in total. The van der Waals surface area contributed by atoms with Gasteiger partial charge in [-0.2, -0.15) is 0 Å². The van der Waals surface area contributed by atoms with E-state index in [2.05, 4.69) is 11.9 Å². The Bertz CT molecular complexity index is 528. The van der Waals surface area contributed by atoms with Gasteiger partial charge in [0.25, 0.3) is 5.91 Å². The highest BCUT2D eigenvalue weighted by Gasteiger charge is 2.14. The van der Waals surface area contributed by atoms with E-state index in [0.29, 0.717) is 5.69 Å². The Morgan fingerprint density at radius 2 is 2.06 bits per heavy atom. The first-order valence-corrected chi connectivity index (χ1v) is 6.13. The van der Waals surface area contributed by atoms with Crippen LogP contribution in [0.1, 0.15) is 42.2 Å². The lowest BCUT2D eigenvalue weighted by atomic mass is 10.0. The van der Waals surface area contributed by atoms with Gasteiger partial charge in [-0.25, -0.2) is 0 Å². The van der Waals surface area contributed by atoms with E-state index in [1.165, 1.54) is 12.8 Å². The number of aryl methyl sites for hydroxylation is 1. The Labute approximate surface area is 101 Å². The van der Waals surface area contributed by atoms with Crippen molar-refractivity contribution in [2.45, 2.75) is 32.6 Å². The molecule has 1 aromatic heterocycles. The van der Waals surface area contributed by atoms with Crippen molar-refractivity contribution >= 4 is 16.8 Å². The van der Waals surface area contributed by atoms with Crippen LogP contribution in [0.3, 0.4) is 0 Å². The van der Waals surface area contributed by atoms with Crippen molar-refractivity contribution in [2.24, 2.45) is 5.73 Å². The zero-order chi connectivity index (χ0) is 12.3. The van der Waals surface area contributed by atoms with Crippen molar-refractivity contribution in [1.29, 1.82) is 0 Å². The SMILES string of the molecule is CCCCCc1c(C(N)=O)[nH]c2ccccc12. The van der Waals surface area contributed by atoms with Gasteiger partial charge in [-0.15, -0.1) is 0 Å². The highest BCUT2D eigenvalue weighted by atomic mass is 16.1. The number of unbranched alkanes of at least 4 members (excludes halogenated alkanes) is 2. The van der Waals surface area contributed by atoms with E-state index in [4.69, 9.17) is 5.73 Å². The van der Waals surface area contributed by atoms with Crippen LogP contribution >= 0.6 is 0 Å². The fraction of sp³-hybridized carbons (Fsp3) is 0.357. The van der Waals surface area contributed by atoms with Crippen molar-refractivity contribution in [2.75, 3.05) is 0 Å². The molecule has 0 aliphatic rings. The average molecular weight is 230 g/mol. The molecular formula is C14H18N2O. The van der Waals surface area contributed by atoms with Gasteiger partial charge < -0.3 is 10.7 Å². The highest BCUT2D eigenvalue weighted by molar-refractivity contribution is 6.00. The van der Waals surface area contributed by atoms with Gasteiger partial charge in [-0.3, -0.25) is 4.79 Å². The van der Waals surface area contributed by atoms with Gasteiger partial charge in [-0.1, -0.05) is 38.0 Å². The second-order valence-corrected chi connectivity index (χ2v) is 4.35. The number of aromatic amines is 1. The van der Waals surface area contributed by atoms with E-state index in [9.17, 15) is 4.79 Å². The van der Waals surface area contributed by atoms with E-state index >= 15 is 0 Å². The smallest absolute Gasteiger partial charge is 0.265 e. The van der Waals surface area contributed by atoms with Gasteiger partial charge in [-0.05, 0) is 24.5 Å². The second-order valence-electron chi connectivity index (χ2n) is 4.35. The van der Waals surface area contributed by atoms with E-state index in [1.807, 2.05) is 24.3 Å². The van der Waals surface area contributed by atoms with Crippen LogP contribution in [0.4, 0.5) is 0 Å². The predicted octanol–water partition coefficient (Wildman–Crippen LogP) is 3.00. The van der Waals surface area contributed by atoms with Gasteiger partial charge in [0.1, 0.15) is 5.69 Å². The Balaban J connectivity index is 2.41. The molecule has 0 saturated heterocycles. The van der Waals surface area contributed by atoms with E-state index < -0.39 is 0 Å². The number of amides is 1. The third-order valence-electron chi connectivity index (χ3n) is 3.09. The first kappa shape index (κ1) is 11.7. The molecule has 0 atom stereocenters. The Kier molecular flexibility index (Phi) is 3.47. The van der Waals surface area contributed by atoms with Gasteiger partial charge in [0.2, 0.25) is 0 Å². The van der Waals surface area contributed by atoms with Crippen LogP contribution < -0.4 is 5.73 Å². The number of nitrogens with two attached hydrogens (primary N) is 1. The van der Waals surface area contributed by atoms with E-state index in [0.717, 1.165) is 29.3 Å². The molecule has 0 aliphatic heterocycles. The predicted molar refractivity (Wildman–Crippen MR) is 70.0 cm³/mol. The summed E-state index contributed by atoms with van der Waals surface area (Å²) in [4.78, 5) is 14.5.